The average molecular weight is 280 g/mol. The average Bonchev–Trinajstić information content (AvgIpc) is 2.42. The lowest BCUT2D eigenvalue weighted by Gasteiger charge is -2.17. The zero-order chi connectivity index (χ0) is 13.7. The van der Waals surface area contributed by atoms with Gasteiger partial charge in [0.05, 0.1) is 12.6 Å². The molecule has 2 nitrogen and oxygen atoms in total. The molecule has 100 valence electrons. The fraction of sp³-hybridized carbons (Fsp3) is 0.200. The molecule has 0 aliphatic heterocycles. The number of halogens is 2. The van der Waals surface area contributed by atoms with Crippen molar-refractivity contribution in [1.29, 1.82) is 0 Å². The van der Waals surface area contributed by atoms with E-state index in [9.17, 15) is 9.50 Å². The summed E-state index contributed by atoms with van der Waals surface area (Å²) in [5, 5.41) is 12.9. The summed E-state index contributed by atoms with van der Waals surface area (Å²) in [5.41, 5.74) is 1.50. The van der Waals surface area contributed by atoms with Crippen molar-refractivity contribution < 1.29 is 9.50 Å². The Hall–Kier alpha value is -1.42. The lowest BCUT2D eigenvalue weighted by molar-refractivity contribution is 0.240. The van der Waals surface area contributed by atoms with Gasteiger partial charge in [-0.25, -0.2) is 4.39 Å². The molecule has 0 fully saturated rings. The predicted octanol–water partition coefficient (Wildman–Crippen LogP) is 3.30. The van der Waals surface area contributed by atoms with Crippen molar-refractivity contribution in [2.75, 3.05) is 6.61 Å². The van der Waals surface area contributed by atoms with Gasteiger partial charge in [-0.15, -0.1) is 0 Å². The van der Waals surface area contributed by atoms with Crippen LogP contribution >= 0.6 is 11.6 Å². The molecule has 1 unspecified atom stereocenters. The fourth-order valence-electron chi connectivity index (χ4n) is 1.89. The van der Waals surface area contributed by atoms with Gasteiger partial charge < -0.3 is 10.4 Å². The topological polar surface area (TPSA) is 32.3 Å². The van der Waals surface area contributed by atoms with Crippen molar-refractivity contribution in [2.24, 2.45) is 0 Å². The van der Waals surface area contributed by atoms with Gasteiger partial charge in [-0.05, 0) is 17.7 Å². The Bertz CT molecular complexity index is 533. The third kappa shape index (κ3) is 3.77. The maximum Gasteiger partial charge on any atom is 0.129 e. The number of hydrogen-bond acceptors (Lipinski definition) is 2. The minimum absolute atomic E-state index is 0.175. The van der Waals surface area contributed by atoms with Crippen LogP contribution in [0.4, 0.5) is 4.39 Å². The molecule has 4 heteroatoms. The fourth-order valence-corrected chi connectivity index (χ4v) is 2.05. The SMILES string of the molecule is OCC(NCc1ccccc1)c1ccc(Cl)cc1F. The standard InChI is InChI=1S/C15H15ClFNO/c16-12-6-7-13(14(17)8-12)15(10-19)18-9-11-4-2-1-3-5-11/h1-8,15,18-19H,9-10H2. The van der Waals surface area contributed by atoms with E-state index in [1.165, 1.54) is 6.07 Å². The molecule has 19 heavy (non-hydrogen) atoms. The van der Waals surface area contributed by atoms with Crippen LogP contribution in [0, 0.1) is 5.82 Å². The third-order valence-electron chi connectivity index (χ3n) is 2.92. The molecule has 0 aliphatic carbocycles. The van der Waals surface area contributed by atoms with Gasteiger partial charge in [0.15, 0.2) is 0 Å². The van der Waals surface area contributed by atoms with Gasteiger partial charge in [-0.3, -0.25) is 0 Å². The highest BCUT2D eigenvalue weighted by Crippen LogP contribution is 2.21. The van der Waals surface area contributed by atoms with Crippen molar-refractivity contribution in [3.8, 4) is 0 Å². The first kappa shape index (κ1) is 14.0. The molecule has 0 amide bonds. The predicted molar refractivity (Wildman–Crippen MR) is 74.5 cm³/mol. The number of aliphatic hydroxyl groups excluding tert-OH is 1. The Morgan fingerprint density at radius 1 is 1.16 bits per heavy atom. The number of rotatable bonds is 5. The second kappa shape index (κ2) is 6.66. The van der Waals surface area contributed by atoms with E-state index in [4.69, 9.17) is 11.6 Å². The molecule has 0 radical (unpaired) electrons. The maximum atomic E-state index is 13.8. The lowest BCUT2D eigenvalue weighted by Crippen LogP contribution is -2.24. The Kier molecular flexibility index (Phi) is 4.91. The van der Waals surface area contributed by atoms with E-state index >= 15 is 0 Å². The molecule has 0 saturated carbocycles. The van der Waals surface area contributed by atoms with E-state index in [0.717, 1.165) is 5.56 Å². The quantitative estimate of drug-likeness (QED) is 0.880. The first-order valence-corrected chi connectivity index (χ1v) is 6.41. The Balaban J connectivity index is 2.08. The molecule has 0 aromatic heterocycles. The molecule has 0 spiro atoms. The molecule has 0 bridgehead atoms. The summed E-state index contributed by atoms with van der Waals surface area (Å²) >= 11 is 5.71. The summed E-state index contributed by atoms with van der Waals surface area (Å²) in [5.74, 6) is -0.410. The summed E-state index contributed by atoms with van der Waals surface area (Å²) in [6, 6.07) is 13.8. The highest BCUT2D eigenvalue weighted by molar-refractivity contribution is 6.30. The zero-order valence-corrected chi connectivity index (χ0v) is 11.1. The molecule has 2 aromatic rings. The molecule has 2 rings (SSSR count). The number of hydrogen-bond donors (Lipinski definition) is 2. The van der Waals surface area contributed by atoms with Crippen LogP contribution in [0.3, 0.4) is 0 Å². The van der Waals surface area contributed by atoms with E-state index in [0.29, 0.717) is 17.1 Å². The monoisotopic (exact) mass is 279 g/mol. The lowest BCUT2D eigenvalue weighted by atomic mass is 10.1. The van der Waals surface area contributed by atoms with Crippen LogP contribution in [-0.4, -0.2) is 11.7 Å². The Labute approximate surface area is 116 Å². The summed E-state index contributed by atoms with van der Waals surface area (Å²) in [6.07, 6.45) is 0. The molecule has 2 aromatic carbocycles. The number of aliphatic hydroxyl groups is 1. The van der Waals surface area contributed by atoms with Gasteiger partial charge >= 0.3 is 0 Å². The maximum absolute atomic E-state index is 13.8. The Morgan fingerprint density at radius 3 is 2.53 bits per heavy atom. The molecule has 0 aliphatic rings. The zero-order valence-electron chi connectivity index (χ0n) is 10.3. The summed E-state index contributed by atoms with van der Waals surface area (Å²) < 4.78 is 13.8. The van der Waals surface area contributed by atoms with Crippen molar-refractivity contribution >= 4 is 11.6 Å². The van der Waals surface area contributed by atoms with E-state index in [1.54, 1.807) is 12.1 Å². The van der Waals surface area contributed by atoms with E-state index in [-0.39, 0.29) is 6.61 Å². The molecule has 2 N–H and O–H groups in total. The summed E-state index contributed by atoms with van der Waals surface area (Å²) in [6.45, 7) is 0.388. The minimum atomic E-state index is -0.447. The van der Waals surface area contributed by atoms with Crippen LogP contribution in [0.25, 0.3) is 0 Å². The molecule has 1 atom stereocenters. The molecular weight excluding hydrogens is 265 g/mol. The third-order valence-corrected chi connectivity index (χ3v) is 3.15. The van der Waals surface area contributed by atoms with Gasteiger partial charge in [-0.1, -0.05) is 48.0 Å². The van der Waals surface area contributed by atoms with Gasteiger partial charge in [0.25, 0.3) is 0 Å². The van der Waals surface area contributed by atoms with E-state index in [2.05, 4.69) is 5.32 Å². The smallest absolute Gasteiger partial charge is 0.129 e. The summed E-state index contributed by atoms with van der Waals surface area (Å²) in [4.78, 5) is 0. The van der Waals surface area contributed by atoms with Gasteiger partial charge in [-0.2, -0.15) is 0 Å². The number of nitrogens with one attached hydrogen (secondary N) is 1. The van der Waals surface area contributed by atoms with Gasteiger partial charge in [0.2, 0.25) is 0 Å². The van der Waals surface area contributed by atoms with Gasteiger partial charge in [0, 0.05) is 17.1 Å². The van der Waals surface area contributed by atoms with Crippen LogP contribution < -0.4 is 5.32 Å². The van der Waals surface area contributed by atoms with Crippen molar-refractivity contribution in [3.63, 3.8) is 0 Å². The van der Waals surface area contributed by atoms with Crippen molar-refractivity contribution in [2.45, 2.75) is 12.6 Å². The first-order chi connectivity index (χ1) is 9.20. The van der Waals surface area contributed by atoms with E-state index < -0.39 is 11.9 Å². The van der Waals surface area contributed by atoms with E-state index in [1.807, 2.05) is 30.3 Å². The molecule has 0 saturated heterocycles. The Morgan fingerprint density at radius 2 is 1.89 bits per heavy atom. The minimum Gasteiger partial charge on any atom is -0.394 e. The van der Waals surface area contributed by atoms with Crippen LogP contribution in [0.1, 0.15) is 17.2 Å². The van der Waals surface area contributed by atoms with Crippen LogP contribution in [-0.2, 0) is 6.54 Å². The largest absolute Gasteiger partial charge is 0.394 e. The second-order valence-corrected chi connectivity index (χ2v) is 4.70. The summed E-state index contributed by atoms with van der Waals surface area (Å²) in [7, 11) is 0. The molecule has 0 heterocycles. The van der Waals surface area contributed by atoms with Crippen LogP contribution in [0.5, 0.6) is 0 Å². The van der Waals surface area contributed by atoms with Gasteiger partial charge in [0.1, 0.15) is 5.82 Å². The van der Waals surface area contributed by atoms with Crippen LogP contribution in [0.15, 0.2) is 48.5 Å². The molecular formula is C15H15ClFNO. The normalized spacial score (nSPS) is 12.4. The van der Waals surface area contributed by atoms with Crippen molar-refractivity contribution in [3.05, 3.63) is 70.5 Å². The second-order valence-electron chi connectivity index (χ2n) is 4.27. The highest BCUT2D eigenvalue weighted by Gasteiger charge is 2.14. The first-order valence-electron chi connectivity index (χ1n) is 6.04. The van der Waals surface area contributed by atoms with Crippen molar-refractivity contribution in [1.82, 2.24) is 5.32 Å². The highest BCUT2D eigenvalue weighted by atomic mass is 35.5. The number of benzene rings is 2. The van der Waals surface area contributed by atoms with Crippen LogP contribution in [0.2, 0.25) is 5.02 Å².